The summed E-state index contributed by atoms with van der Waals surface area (Å²) in [5, 5.41) is 0. The molecule has 0 aromatic heterocycles. The zero-order chi connectivity index (χ0) is 15.8. The molecule has 21 heavy (non-hydrogen) atoms. The average Bonchev–Trinajstić information content (AvgIpc) is 2.41. The van der Waals surface area contributed by atoms with E-state index in [2.05, 4.69) is 77.9 Å². The van der Waals surface area contributed by atoms with Crippen molar-refractivity contribution in [3.05, 3.63) is 69.8 Å². The van der Waals surface area contributed by atoms with Crippen LogP contribution in [-0.4, -0.2) is 0 Å². The molecule has 1 unspecified atom stereocenters. The van der Waals surface area contributed by atoms with Crippen molar-refractivity contribution in [3.63, 3.8) is 0 Å². The van der Waals surface area contributed by atoms with Crippen molar-refractivity contribution < 1.29 is 0 Å². The Morgan fingerprint density at radius 3 is 1.86 bits per heavy atom. The lowest BCUT2D eigenvalue weighted by Gasteiger charge is -2.21. The fourth-order valence-corrected chi connectivity index (χ4v) is 2.69. The summed E-state index contributed by atoms with van der Waals surface area (Å²) in [6.45, 7) is 13.1. The van der Waals surface area contributed by atoms with Crippen LogP contribution < -0.4 is 5.73 Å². The molecule has 1 atom stereocenters. The zero-order valence-electron chi connectivity index (χ0n) is 14.1. The standard InChI is InChI=1S/C20H27N/c1-13-11-15(3)18(12-14(13)2)19(21)16-7-9-17(10-8-16)20(4,5)6/h7-12,19H,21H2,1-6H3. The minimum absolute atomic E-state index is 0.0571. The maximum atomic E-state index is 6.50. The van der Waals surface area contributed by atoms with Gasteiger partial charge in [-0.25, -0.2) is 0 Å². The highest BCUT2D eigenvalue weighted by Crippen LogP contribution is 2.28. The van der Waals surface area contributed by atoms with Gasteiger partial charge >= 0.3 is 0 Å². The number of hydrogen-bond acceptors (Lipinski definition) is 1. The highest BCUT2D eigenvalue weighted by Gasteiger charge is 2.16. The summed E-state index contributed by atoms with van der Waals surface area (Å²) in [7, 11) is 0. The van der Waals surface area contributed by atoms with Gasteiger partial charge in [0, 0.05) is 0 Å². The van der Waals surface area contributed by atoms with Gasteiger partial charge in [-0.3, -0.25) is 0 Å². The van der Waals surface area contributed by atoms with E-state index in [9.17, 15) is 0 Å². The summed E-state index contributed by atoms with van der Waals surface area (Å²) in [4.78, 5) is 0. The van der Waals surface area contributed by atoms with Gasteiger partial charge in [-0.15, -0.1) is 0 Å². The van der Waals surface area contributed by atoms with E-state index in [0.717, 1.165) is 0 Å². The van der Waals surface area contributed by atoms with E-state index < -0.39 is 0 Å². The first-order valence-electron chi connectivity index (χ1n) is 7.64. The van der Waals surface area contributed by atoms with Gasteiger partial charge in [0.05, 0.1) is 6.04 Å². The van der Waals surface area contributed by atoms with Crippen molar-refractivity contribution >= 4 is 0 Å². The van der Waals surface area contributed by atoms with E-state index in [1.165, 1.54) is 33.4 Å². The molecule has 2 rings (SSSR count). The zero-order valence-corrected chi connectivity index (χ0v) is 14.1. The van der Waals surface area contributed by atoms with Crippen molar-refractivity contribution in [2.24, 2.45) is 5.73 Å². The van der Waals surface area contributed by atoms with Gasteiger partial charge in [-0.1, -0.05) is 57.2 Å². The summed E-state index contributed by atoms with van der Waals surface area (Å²) in [6.07, 6.45) is 0. The highest BCUT2D eigenvalue weighted by molar-refractivity contribution is 5.43. The normalized spacial score (nSPS) is 13.3. The Kier molecular flexibility index (Phi) is 4.25. The fraction of sp³-hybridized carbons (Fsp3) is 0.400. The van der Waals surface area contributed by atoms with Gasteiger partial charge in [-0.2, -0.15) is 0 Å². The largest absolute Gasteiger partial charge is 0.320 e. The number of benzene rings is 2. The SMILES string of the molecule is Cc1cc(C)c(C(N)c2ccc(C(C)(C)C)cc2)cc1C. The molecule has 1 heteroatoms. The Balaban J connectivity index is 2.36. The van der Waals surface area contributed by atoms with Crippen LogP contribution in [0.5, 0.6) is 0 Å². The predicted octanol–water partition coefficient (Wildman–Crippen LogP) is 4.96. The molecule has 0 spiro atoms. The summed E-state index contributed by atoms with van der Waals surface area (Å²) in [5.41, 5.74) is 14.3. The minimum Gasteiger partial charge on any atom is -0.320 e. The summed E-state index contributed by atoms with van der Waals surface area (Å²) in [6, 6.07) is 13.1. The smallest absolute Gasteiger partial charge is 0.0554 e. The number of hydrogen-bond donors (Lipinski definition) is 1. The molecule has 0 fully saturated rings. The van der Waals surface area contributed by atoms with E-state index in [1.807, 2.05) is 0 Å². The maximum absolute atomic E-state index is 6.50. The van der Waals surface area contributed by atoms with Gasteiger partial charge in [0.2, 0.25) is 0 Å². The second-order valence-corrected chi connectivity index (χ2v) is 7.14. The summed E-state index contributed by atoms with van der Waals surface area (Å²) < 4.78 is 0. The third-order valence-electron chi connectivity index (χ3n) is 4.35. The Bertz CT molecular complexity index is 630. The first-order valence-corrected chi connectivity index (χ1v) is 7.64. The second-order valence-electron chi connectivity index (χ2n) is 7.14. The quantitative estimate of drug-likeness (QED) is 0.827. The molecule has 0 amide bonds. The molecule has 2 aromatic rings. The maximum Gasteiger partial charge on any atom is 0.0554 e. The molecule has 2 N–H and O–H groups in total. The van der Waals surface area contributed by atoms with Crippen LogP contribution >= 0.6 is 0 Å². The predicted molar refractivity (Wildman–Crippen MR) is 91.8 cm³/mol. The van der Waals surface area contributed by atoms with Gasteiger partial charge in [-0.05, 0) is 59.6 Å². The van der Waals surface area contributed by atoms with E-state index in [0.29, 0.717) is 0 Å². The first-order chi connectivity index (χ1) is 9.70. The highest BCUT2D eigenvalue weighted by atomic mass is 14.6. The molecule has 0 saturated heterocycles. The van der Waals surface area contributed by atoms with Gasteiger partial charge in [0.25, 0.3) is 0 Å². The second kappa shape index (κ2) is 5.65. The molecule has 0 aliphatic rings. The van der Waals surface area contributed by atoms with Crippen LogP contribution in [0.25, 0.3) is 0 Å². The molecule has 0 aliphatic heterocycles. The molecule has 0 heterocycles. The van der Waals surface area contributed by atoms with Crippen LogP contribution in [-0.2, 0) is 5.41 Å². The van der Waals surface area contributed by atoms with E-state index in [4.69, 9.17) is 5.73 Å². The lowest BCUT2D eigenvalue weighted by Crippen LogP contribution is -2.15. The molecule has 0 bridgehead atoms. The van der Waals surface area contributed by atoms with Gasteiger partial charge in [0.15, 0.2) is 0 Å². The van der Waals surface area contributed by atoms with Crippen molar-refractivity contribution in [2.75, 3.05) is 0 Å². The average molecular weight is 281 g/mol. The molecule has 2 aromatic carbocycles. The number of aryl methyl sites for hydroxylation is 3. The molecular weight excluding hydrogens is 254 g/mol. The van der Waals surface area contributed by atoms with Crippen LogP contribution in [0.4, 0.5) is 0 Å². The first kappa shape index (κ1) is 15.8. The third kappa shape index (κ3) is 3.36. The molecule has 112 valence electrons. The minimum atomic E-state index is -0.0571. The monoisotopic (exact) mass is 281 g/mol. The Hall–Kier alpha value is -1.60. The van der Waals surface area contributed by atoms with Crippen LogP contribution in [0.3, 0.4) is 0 Å². The summed E-state index contributed by atoms with van der Waals surface area (Å²) in [5.74, 6) is 0. The topological polar surface area (TPSA) is 26.0 Å². The molecule has 0 aliphatic carbocycles. The van der Waals surface area contributed by atoms with Crippen LogP contribution in [0.1, 0.15) is 60.2 Å². The van der Waals surface area contributed by atoms with Crippen molar-refractivity contribution in [1.29, 1.82) is 0 Å². The Morgan fingerprint density at radius 2 is 1.33 bits per heavy atom. The van der Waals surface area contributed by atoms with Gasteiger partial charge in [0.1, 0.15) is 0 Å². The van der Waals surface area contributed by atoms with Crippen LogP contribution in [0, 0.1) is 20.8 Å². The summed E-state index contributed by atoms with van der Waals surface area (Å²) >= 11 is 0. The van der Waals surface area contributed by atoms with E-state index in [-0.39, 0.29) is 11.5 Å². The Morgan fingerprint density at radius 1 is 0.810 bits per heavy atom. The lowest BCUT2D eigenvalue weighted by molar-refractivity contribution is 0.589. The van der Waals surface area contributed by atoms with Gasteiger partial charge < -0.3 is 5.73 Å². The molecule has 0 saturated carbocycles. The van der Waals surface area contributed by atoms with Crippen molar-refractivity contribution in [2.45, 2.75) is 53.0 Å². The third-order valence-corrected chi connectivity index (χ3v) is 4.35. The lowest BCUT2D eigenvalue weighted by atomic mass is 9.85. The number of rotatable bonds is 2. The van der Waals surface area contributed by atoms with E-state index in [1.54, 1.807) is 0 Å². The van der Waals surface area contributed by atoms with E-state index >= 15 is 0 Å². The molecule has 1 nitrogen and oxygen atoms in total. The molecule has 0 radical (unpaired) electrons. The number of nitrogens with two attached hydrogens (primary N) is 1. The van der Waals surface area contributed by atoms with Crippen LogP contribution in [0.2, 0.25) is 0 Å². The Labute approximate surface area is 129 Å². The van der Waals surface area contributed by atoms with Crippen molar-refractivity contribution in [1.82, 2.24) is 0 Å². The molecular formula is C20H27N. The fourth-order valence-electron chi connectivity index (χ4n) is 2.69. The van der Waals surface area contributed by atoms with Crippen molar-refractivity contribution in [3.8, 4) is 0 Å². The van der Waals surface area contributed by atoms with Crippen LogP contribution in [0.15, 0.2) is 36.4 Å².